The first-order valence-corrected chi connectivity index (χ1v) is 8.04. The van der Waals surface area contributed by atoms with Gasteiger partial charge in [0.25, 0.3) is 5.91 Å². The number of anilines is 1. The van der Waals surface area contributed by atoms with Gasteiger partial charge in [-0.2, -0.15) is 0 Å². The van der Waals surface area contributed by atoms with E-state index in [4.69, 9.17) is 4.74 Å². The molecule has 0 bridgehead atoms. The third-order valence-corrected chi connectivity index (χ3v) is 3.89. The van der Waals surface area contributed by atoms with Gasteiger partial charge in [-0.15, -0.1) is 0 Å². The lowest BCUT2D eigenvalue weighted by molar-refractivity contribution is -0.116. The van der Waals surface area contributed by atoms with Gasteiger partial charge in [0, 0.05) is 30.8 Å². The Labute approximate surface area is 137 Å². The van der Waals surface area contributed by atoms with Crippen molar-refractivity contribution in [3.63, 3.8) is 0 Å². The van der Waals surface area contributed by atoms with E-state index in [0.29, 0.717) is 44.0 Å². The van der Waals surface area contributed by atoms with E-state index in [1.165, 1.54) is 0 Å². The van der Waals surface area contributed by atoms with Crippen molar-refractivity contribution < 1.29 is 14.3 Å². The summed E-state index contributed by atoms with van der Waals surface area (Å²) in [5, 5.41) is 5.92. The van der Waals surface area contributed by atoms with Gasteiger partial charge in [0.2, 0.25) is 5.91 Å². The number of nitrogens with zero attached hydrogens (tertiary/aromatic N) is 1. The summed E-state index contributed by atoms with van der Waals surface area (Å²) in [4.78, 5) is 26.3. The Morgan fingerprint density at radius 1 is 1.26 bits per heavy atom. The zero-order valence-electron chi connectivity index (χ0n) is 13.9. The Morgan fingerprint density at radius 2 is 2.00 bits per heavy atom. The molecule has 0 saturated carbocycles. The van der Waals surface area contributed by atoms with Gasteiger partial charge >= 0.3 is 0 Å². The van der Waals surface area contributed by atoms with Crippen LogP contribution in [0.15, 0.2) is 18.2 Å². The van der Waals surface area contributed by atoms with E-state index in [1.807, 2.05) is 26.1 Å². The highest BCUT2D eigenvalue weighted by Crippen LogP contribution is 2.19. The second-order valence-corrected chi connectivity index (χ2v) is 5.69. The summed E-state index contributed by atoms with van der Waals surface area (Å²) >= 11 is 0. The first-order chi connectivity index (χ1) is 11.1. The Morgan fingerprint density at radius 3 is 2.70 bits per heavy atom. The first-order valence-electron chi connectivity index (χ1n) is 8.04. The molecular formula is C17H25N3O3. The average Bonchev–Trinajstić information content (AvgIpc) is 2.57. The number of ether oxygens (including phenoxy) is 1. The summed E-state index contributed by atoms with van der Waals surface area (Å²) < 4.78 is 5.27. The van der Waals surface area contributed by atoms with Gasteiger partial charge in [-0.3, -0.25) is 9.59 Å². The number of hydrogen-bond donors (Lipinski definition) is 2. The Hall–Kier alpha value is -1.92. The highest BCUT2D eigenvalue weighted by Gasteiger charge is 2.19. The SMILES string of the molecule is CNCCCC(=O)Nc1cc(C(=O)N2CCOCC2)ccc1C. The molecule has 1 saturated heterocycles. The molecule has 0 atom stereocenters. The fraction of sp³-hybridized carbons (Fsp3) is 0.529. The topological polar surface area (TPSA) is 70.7 Å². The molecule has 1 aliphatic heterocycles. The Kier molecular flexibility index (Phi) is 6.55. The molecule has 23 heavy (non-hydrogen) atoms. The summed E-state index contributed by atoms with van der Waals surface area (Å²) in [5.41, 5.74) is 2.26. The smallest absolute Gasteiger partial charge is 0.254 e. The summed E-state index contributed by atoms with van der Waals surface area (Å²) in [5.74, 6) is -0.0432. The van der Waals surface area contributed by atoms with Crippen LogP contribution in [0.2, 0.25) is 0 Å². The maximum Gasteiger partial charge on any atom is 0.254 e. The molecule has 2 N–H and O–H groups in total. The summed E-state index contributed by atoms with van der Waals surface area (Å²) in [6.45, 7) is 5.10. The van der Waals surface area contributed by atoms with Gasteiger partial charge in [0.05, 0.1) is 13.2 Å². The van der Waals surface area contributed by atoms with Gasteiger partial charge in [-0.1, -0.05) is 6.07 Å². The van der Waals surface area contributed by atoms with E-state index in [0.717, 1.165) is 18.5 Å². The fourth-order valence-corrected chi connectivity index (χ4v) is 2.48. The molecule has 0 aromatic heterocycles. The van der Waals surface area contributed by atoms with Crippen molar-refractivity contribution in [1.29, 1.82) is 0 Å². The van der Waals surface area contributed by atoms with E-state index in [-0.39, 0.29) is 11.8 Å². The zero-order valence-corrected chi connectivity index (χ0v) is 13.9. The van der Waals surface area contributed by atoms with Gasteiger partial charge in [-0.05, 0) is 44.6 Å². The number of carbonyl (C=O) groups excluding carboxylic acids is 2. The third-order valence-electron chi connectivity index (χ3n) is 3.89. The van der Waals surface area contributed by atoms with Crippen LogP contribution in [-0.2, 0) is 9.53 Å². The molecular weight excluding hydrogens is 294 g/mol. The Bertz CT molecular complexity index is 554. The van der Waals surface area contributed by atoms with E-state index in [9.17, 15) is 9.59 Å². The molecule has 0 unspecified atom stereocenters. The van der Waals surface area contributed by atoms with Crippen molar-refractivity contribution >= 4 is 17.5 Å². The van der Waals surface area contributed by atoms with E-state index in [2.05, 4.69) is 10.6 Å². The maximum atomic E-state index is 12.5. The lowest BCUT2D eigenvalue weighted by atomic mass is 10.1. The van der Waals surface area contributed by atoms with Crippen LogP contribution in [0, 0.1) is 6.92 Å². The van der Waals surface area contributed by atoms with Crippen LogP contribution in [0.25, 0.3) is 0 Å². The van der Waals surface area contributed by atoms with Crippen molar-refractivity contribution in [1.82, 2.24) is 10.2 Å². The third kappa shape index (κ3) is 5.04. The molecule has 6 heteroatoms. The number of morpholine rings is 1. The van der Waals surface area contributed by atoms with Crippen LogP contribution in [-0.4, -0.2) is 56.6 Å². The molecule has 1 aliphatic rings. The maximum absolute atomic E-state index is 12.5. The van der Waals surface area contributed by atoms with Crippen LogP contribution in [0.1, 0.15) is 28.8 Å². The number of benzene rings is 1. The second-order valence-electron chi connectivity index (χ2n) is 5.69. The van der Waals surface area contributed by atoms with Gasteiger partial charge in [0.15, 0.2) is 0 Å². The van der Waals surface area contributed by atoms with Crippen LogP contribution in [0.5, 0.6) is 0 Å². The van der Waals surface area contributed by atoms with E-state index >= 15 is 0 Å². The minimum atomic E-state index is -0.0284. The standard InChI is InChI=1S/C17H25N3O3/c1-13-5-6-14(17(22)20-8-10-23-11-9-20)12-15(13)19-16(21)4-3-7-18-2/h5-6,12,18H,3-4,7-11H2,1-2H3,(H,19,21). The number of carbonyl (C=O) groups is 2. The normalized spacial score (nSPS) is 14.6. The quantitative estimate of drug-likeness (QED) is 0.778. The van der Waals surface area contributed by atoms with E-state index < -0.39 is 0 Å². The molecule has 1 heterocycles. The number of amides is 2. The van der Waals surface area contributed by atoms with E-state index in [1.54, 1.807) is 11.0 Å². The second kappa shape index (κ2) is 8.64. The first kappa shape index (κ1) is 17.4. The molecule has 0 aliphatic carbocycles. The molecule has 126 valence electrons. The molecule has 2 rings (SSSR count). The van der Waals surface area contributed by atoms with Crippen LogP contribution in [0.3, 0.4) is 0 Å². The number of aryl methyl sites for hydroxylation is 1. The lowest BCUT2D eigenvalue weighted by Crippen LogP contribution is -2.40. The average molecular weight is 319 g/mol. The van der Waals surface area contributed by atoms with Gasteiger partial charge in [0.1, 0.15) is 0 Å². The van der Waals surface area contributed by atoms with Crippen LogP contribution in [0.4, 0.5) is 5.69 Å². The molecule has 6 nitrogen and oxygen atoms in total. The number of nitrogens with one attached hydrogen (secondary N) is 2. The van der Waals surface area contributed by atoms with Crippen molar-refractivity contribution in [3.05, 3.63) is 29.3 Å². The molecule has 1 fully saturated rings. The molecule has 0 radical (unpaired) electrons. The predicted octanol–water partition coefficient (Wildman–Crippen LogP) is 1.41. The molecule has 2 amide bonds. The minimum absolute atomic E-state index is 0.0148. The molecule has 1 aromatic carbocycles. The number of rotatable bonds is 6. The molecule has 0 spiro atoms. The summed E-state index contributed by atoms with van der Waals surface area (Å²) in [6.07, 6.45) is 1.25. The number of hydrogen-bond acceptors (Lipinski definition) is 4. The monoisotopic (exact) mass is 319 g/mol. The largest absolute Gasteiger partial charge is 0.378 e. The summed E-state index contributed by atoms with van der Waals surface area (Å²) in [7, 11) is 1.86. The van der Waals surface area contributed by atoms with Gasteiger partial charge in [-0.25, -0.2) is 0 Å². The zero-order chi connectivity index (χ0) is 16.7. The minimum Gasteiger partial charge on any atom is -0.378 e. The van der Waals surface area contributed by atoms with Gasteiger partial charge < -0.3 is 20.3 Å². The van der Waals surface area contributed by atoms with Crippen molar-refractivity contribution in [2.24, 2.45) is 0 Å². The molecule has 1 aromatic rings. The Balaban J connectivity index is 2.03. The summed E-state index contributed by atoms with van der Waals surface area (Å²) in [6, 6.07) is 5.45. The van der Waals surface area contributed by atoms with Crippen molar-refractivity contribution in [3.8, 4) is 0 Å². The van der Waals surface area contributed by atoms with Crippen LogP contribution >= 0.6 is 0 Å². The van der Waals surface area contributed by atoms with Crippen LogP contribution < -0.4 is 10.6 Å². The lowest BCUT2D eigenvalue weighted by Gasteiger charge is -2.27. The predicted molar refractivity (Wildman–Crippen MR) is 89.7 cm³/mol. The highest BCUT2D eigenvalue weighted by molar-refractivity contribution is 5.97. The highest BCUT2D eigenvalue weighted by atomic mass is 16.5. The van der Waals surface area contributed by atoms with Crippen molar-refractivity contribution in [2.45, 2.75) is 19.8 Å². The fourth-order valence-electron chi connectivity index (χ4n) is 2.48. The van der Waals surface area contributed by atoms with Crippen molar-refractivity contribution in [2.75, 3.05) is 45.2 Å².